The molecule has 4 heteroatoms. The lowest BCUT2D eigenvalue weighted by Gasteiger charge is -2.62. The third kappa shape index (κ3) is 2.81. The van der Waals surface area contributed by atoms with Crippen LogP contribution in [0.4, 0.5) is 0 Å². The van der Waals surface area contributed by atoms with Crippen molar-refractivity contribution in [2.24, 2.45) is 40.4 Å². The largest absolute Gasteiger partial charge is 0.462 e. The molecule has 0 heterocycles. The standard InChI is InChI=1S/C23H36O4/c1-13(24)18-7-8-19-17-6-5-15-11-16(26)9-10-22(15,3)20(17)12-21(23(18,19)4)27-14(2)25/h15-21,26H,5-12H2,1-4H3/t15-,16-,17+,18-,19+,20+,21-,22-,23-/m0/s1. The van der Waals surface area contributed by atoms with Crippen molar-refractivity contribution in [3.05, 3.63) is 0 Å². The van der Waals surface area contributed by atoms with Crippen LogP contribution in [0.1, 0.15) is 79.1 Å². The Bertz CT molecular complexity index is 630. The summed E-state index contributed by atoms with van der Waals surface area (Å²) >= 11 is 0. The second-order valence-corrected chi connectivity index (χ2v) is 10.5. The van der Waals surface area contributed by atoms with Crippen molar-refractivity contribution in [2.75, 3.05) is 0 Å². The molecule has 4 saturated carbocycles. The molecule has 27 heavy (non-hydrogen) atoms. The molecular weight excluding hydrogens is 340 g/mol. The predicted molar refractivity (Wildman–Crippen MR) is 103 cm³/mol. The highest BCUT2D eigenvalue weighted by Gasteiger charge is 2.65. The fraction of sp³-hybridized carbons (Fsp3) is 0.913. The zero-order valence-electron chi connectivity index (χ0n) is 17.4. The van der Waals surface area contributed by atoms with Gasteiger partial charge in [0, 0.05) is 18.3 Å². The minimum atomic E-state index is -0.218. The predicted octanol–water partition coefficient (Wildman–Crippen LogP) is 4.14. The topological polar surface area (TPSA) is 63.6 Å². The highest BCUT2D eigenvalue weighted by Crippen LogP contribution is 2.68. The monoisotopic (exact) mass is 376 g/mol. The molecule has 152 valence electrons. The van der Waals surface area contributed by atoms with Gasteiger partial charge in [-0.1, -0.05) is 13.8 Å². The van der Waals surface area contributed by atoms with Gasteiger partial charge in [-0.05, 0) is 87.4 Å². The Balaban J connectivity index is 1.71. The summed E-state index contributed by atoms with van der Waals surface area (Å²) in [6, 6.07) is 0. The molecule has 0 amide bonds. The van der Waals surface area contributed by atoms with Gasteiger partial charge < -0.3 is 9.84 Å². The number of hydrogen-bond acceptors (Lipinski definition) is 4. The van der Waals surface area contributed by atoms with E-state index in [1.54, 1.807) is 6.92 Å². The van der Waals surface area contributed by atoms with Crippen LogP contribution in [-0.2, 0) is 14.3 Å². The fourth-order valence-electron chi connectivity index (χ4n) is 8.21. The second-order valence-electron chi connectivity index (χ2n) is 10.5. The first-order valence-corrected chi connectivity index (χ1v) is 11.0. The molecule has 4 rings (SSSR count). The van der Waals surface area contributed by atoms with Crippen LogP contribution in [-0.4, -0.2) is 29.1 Å². The molecule has 0 saturated heterocycles. The van der Waals surface area contributed by atoms with Gasteiger partial charge in [-0.15, -0.1) is 0 Å². The Labute approximate surface area is 163 Å². The van der Waals surface area contributed by atoms with Crippen LogP contribution < -0.4 is 0 Å². The minimum absolute atomic E-state index is 0.0199. The van der Waals surface area contributed by atoms with Crippen molar-refractivity contribution in [3.8, 4) is 0 Å². The van der Waals surface area contributed by atoms with Gasteiger partial charge >= 0.3 is 5.97 Å². The average molecular weight is 377 g/mol. The van der Waals surface area contributed by atoms with E-state index in [0.29, 0.717) is 23.7 Å². The number of aliphatic hydroxyl groups excluding tert-OH is 1. The van der Waals surface area contributed by atoms with E-state index in [1.807, 2.05) is 0 Å². The molecule has 9 atom stereocenters. The Kier molecular flexibility index (Phi) is 4.73. The van der Waals surface area contributed by atoms with Crippen LogP contribution in [0.3, 0.4) is 0 Å². The van der Waals surface area contributed by atoms with Crippen LogP contribution >= 0.6 is 0 Å². The average Bonchev–Trinajstić information content (AvgIpc) is 2.95. The second kappa shape index (κ2) is 6.57. The van der Waals surface area contributed by atoms with Crippen LogP contribution in [0.2, 0.25) is 0 Å². The van der Waals surface area contributed by atoms with Crippen molar-refractivity contribution in [3.63, 3.8) is 0 Å². The summed E-state index contributed by atoms with van der Waals surface area (Å²) in [6.45, 7) is 7.89. The number of carbonyl (C=O) groups is 2. The molecule has 1 N–H and O–H groups in total. The molecule has 4 fully saturated rings. The first-order chi connectivity index (χ1) is 12.7. The van der Waals surface area contributed by atoms with Gasteiger partial charge in [-0.25, -0.2) is 0 Å². The highest BCUT2D eigenvalue weighted by atomic mass is 16.5. The SMILES string of the molecule is CC(=O)O[C@H]1C[C@@H]2[C@H](CC[C@H]3C[C@@H](O)CC[C@@]32C)[C@H]2CC[C@@H](C(C)=O)[C@]12C. The number of aliphatic hydroxyl groups is 1. The van der Waals surface area contributed by atoms with E-state index in [4.69, 9.17) is 4.74 Å². The van der Waals surface area contributed by atoms with E-state index in [-0.39, 0.29) is 40.7 Å². The third-order valence-corrected chi connectivity index (χ3v) is 9.51. The zero-order valence-corrected chi connectivity index (χ0v) is 17.4. The first kappa shape index (κ1) is 19.4. The lowest BCUT2D eigenvalue weighted by molar-refractivity contribution is -0.194. The number of ether oxygens (including phenoxy) is 1. The number of fused-ring (bicyclic) bond motifs is 5. The molecule has 0 spiro atoms. The molecule has 0 aromatic carbocycles. The molecule has 4 aliphatic carbocycles. The van der Waals surface area contributed by atoms with Gasteiger partial charge in [0.2, 0.25) is 0 Å². The maximum absolute atomic E-state index is 12.5. The number of rotatable bonds is 2. The van der Waals surface area contributed by atoms with Gasteiger partial charge in [0.1, 0.15) is 11.9 Å². The molecular formula is C23H36O4. The van der Waals surface area contributed by atoms with Gasteiger partial charge in [-0.2, -0.15) is 0 Å². The third-order valence-electron chi connectivity index (χ3n) is 9.51. The molecule has 0 aromatic heterocycles. The Morgan fingerprint density at radius 2 is 1.70 bits per heavy atom. The Morgan fingerprint density at radius 1 is 0.963 bits per heavy atom. The summed E-state index contributed by atoms with van der Waals surface area (Å²) in [6.07, 6.45) is 7.92. The molecule has 0 unspecified atom stereocenters. The van der Waals surface area contributed by atoms with Gasteiger partial charge in [0.15, 0.2) is 0 Å². The number of Topliss-reactive ketones (excluding diaryl/α,β-unsaturated/α-hetero) is 1. The van der Waals surface area contributed by atoms with Crippen LogP contribution in [0.5, 0.6) is 0 Å². The van der Waals surface area contributed by atoms with Gasteiger partial charge in [0.25, 0.3) is 0 Å². The van der Waals surface area contributed by atoms with E-state index in [9.17, 15) is 14.7 Å². The Hall–Kier alpha value is -0.900. The van der Waals surface area contributed by atoms with Crippen LogP contribution in [0, 0.1) is 40.4 Å². The Morgan fingerprint density at radius 3 is 2.37 bits per heavy atom. The van der Waals surface area contributed by atoms with Gasteiger partial charge in [-0.3, -0.25) is 9.59 Å². The summed E-state index contributed by atoms with van der Waals surface area (Å²) in [5, 5.41) is 10.2. The fourth-order valence-corrected chi connectivity index (χ4v) is 8.21. The number of esters is 1. The normalized spacial score (nSPS) is 51.7. The smallest absolute Gasteiger partial charge is 0.302 e. The van der Waals surface area contributed by atoms with Crippen molar-refractivity contribution < 1.29 is 19.4 Å². The van der Waals surface area contributed by atoms with Crippen LogP contribution in [0.15, 0.2) is 0 Å². The molecule has 4 nitrogen and oxygen atoms in total. The van der Waals surface area contributed by atoms with E-state index >= 15 is 0 Å². The minimum Gasteiger partial charge on any atom is -0.462 e. The number of carbonyl (C=O) groups excluding carboxylic acids is 2. The molecule has 0 radical (unpaired) electrons. The lowest BCUT2D eigenvalue weighted by Crippen LogP contribution is -2.59. The van der Waals surface area contributed by atoms with Crippen molar-refractivity contribution in [1.29, 1.82) is 0 Å². The highest BCUT2D eigenvalue weighted by molar-refractivity contribution is 5.80. The summed E-state index contributed by atoms with van der Waals surface area (Å²) in [5.41, 5.74) is 0.0201. The summed E-state index contributed by atoms with van der Waals surface area (Å²) in [5.74, 6) is 2.28. The number of hydrogen-bond donors (Lipinski definition) is 1. The van der Waals surface area contributed by atoms with E-state index in [0.717, 1.165) is 38.5 Å². The van der Waals surface area contributed by atoms with Crippen molar-refractivity contribution >= 4 is 11.8 Å². The molecule has 0 aromatic rings. The van der Waals surface area contributed by atoms with Crippen LogP contribution in [0.25, 0.3) is 0 Å². The summed E-state index contributed by atoms with van der Waals surface area (Å²) < 4.78 is 5.94. The van der Waals surface area contributed by atoms with Crippen molar-refractivity contribution in [1.82, 2.24) is 0 Å². The van der Waals surface area contributed by atoms with E-state index in [1.165, 1.54) is 19.8 Å². The number of ketones is 1. The van der Waals surface area contributed by atoms with E-state index in [2.05, 4.69) is 13.8 Å². The van der Waals surface area contributed by atoms with Crippen molar-refractivity contribution in [2.45, 2.75) is 91.3 Å². The molecule has 4 aliphatic rings. The quantitative estimate of drug-likeness (QED) is 0.736. The summed E-state index contributed by atoms with van der Waals surface area (Å²) in [7, 11) is 0. The summed E-state index contributed by atoms with van der Waals surface area (Å²) in [4.78, 5) is 24.4. The first-order valence-electron chi connectivity index (χ1n) is 11.0. The molecule has 0 aliphatic heterocycles. The molecule has 0 bridgehead atoms. The van der Waals surface area contributed by atoms with Gasteiger partial charge in [0.05, 0.1) is 6.10 Å². The lowest BCUT2D eigenvalue weighted by atomic mass is 9.44. The maximum atomic E-state index is 12.5. The van der Waals surface area contributed by atoms with E-state index < -0.39 is 0 Å². The maximum Gasteiger partial charge on any atom is 0.302 e. The zero-order chi connectivity index (χ0) is 19.6.